The van der Waals surface area contributed by atoms with E-state index in [-0.39, 0.29) is 17.7 Å². The fraction of sp³-hybridized carbons (Fsp3) is 0.360. The minimum atomic E-state index is -0.154. The first-order chi connectivity index (χ1) is 15.2. The van der Waals surface area contributed by atoms with Gasteiger partial charge in [0.15, 0.2) is 0 Å². The number of nitrogens with one attached hydrogen (secondary N) is 2. The van der Waals surface area contributed by atoms with E-state index in [0.717, 1.165) is 40.6 Å². The van der Waals surface area contributed by atoms with E-state index in [4.69, 9.17) is 4.74 Å². The van der Waals surface area contributed by atoms with Gasteiger partial charge in [-0.3, -0.25) is 9.59 Å². The van der Waals surface area contributed by atoms with Gasteiger partial charge < -0.3 is 19.9 Å². The highest BCUT2D eigenvalue weighted by Crippen LogP contribution is 2.22. The number of piperidine rings is 1. The molecular formula is C25H29N3O3. The summed E-state index contributed by atoms with van der Waals surface area (Å²) in [6.45, 7) is 1.76. The molecule has 6 nitrogen and oxygen atoms in total. The first kappa shape index (κ1) is 21.0. The number of benzene rings is 2. The number of hydrogen-bond acceptors (Lipinski definition) is 3. The van der Waals surface area contributed by atoms with Gasteiger partial charge in [0.1, 0.15) is 5.75 Å². The second kappa shape index (κ2) is 9.69. The third-order valence-corrected chi connectivity index (χ3v) is 6.05. The van der Waals surface area contributed by atoms with E-state index < -0.39 is 0 Å². The topological polar surface area (TPSA) is 74.4 Å². The highest BCUT2D eigenvalue weighted by molar-refractivity contribution is 5.89. The molecule has 1 aliphatic heterocycles. The Hall–Kier alpha value is -3.28. The molecule has 0 saturated carbocycles. The van der Waals surface area contributed by atoms with Crippen LogP contribution in [0.15, 0.2) is 54.7 Å². The van der Waals surface area contributed by atoms with E-state index >= 15 is 0 Å². The summed E-state index contributed by atoms with van der Waals surface area (Å²) in [5, 5.41) is 4.13. The second-order valence-electron chi connectivity index (χ2n) is 8.07. The Morgan fingerprint density at radius 3 is 2.81 bits per heavy atom. The molecule has 1 atom stereocenters. The Morgan fingerprint density at radius 2 is 1.94 bits per heavy atom. The number of likely N-dealkylation sites (tertiary alicyclic amines) is 1. The number of ether oxygens (including phenoxy) is 1. The molecular weight excluding hydrogens is 390 g/mol. The van der Waals surface area contributed by atoms with Crippen molar-refractivity contribution < 1.29 is 14.3 Å². The molecule has 2 amide bonds. The number of H-pyrrole nitrogens is 1. The number of nitrogens with zero attached hydrogens (tertiary/aromatic N) is 1. The second-order valence-corrected chi connectivity index (χ2v) is 8.07. The standard InChI is InChI=1S/C25H29N3O3/c1-31-23-11-5-2-7-18(23)12-13-26-25(30)19-8-6-14-28(17-19)24(29)15-20-16-27-22-10-4-3-9-21(20)22/h2-5,7,9-11,16,19,27H,6,8,12-15,17H2,1H3,(H,26,30)/t19-/m1/s1. The van der Waals surface area contributed by atoms with E-state index in [2.05, 4.69) is 10.3 Å². The quantitative estimate of drug-likeness (QED) is 0.617. The van der Waals surface area contributed by atoms with Gasteiger partial charge in [-0.25, -0.2) is 0 Å². The van der Waals surface area contributed by atoms with Crippen LogP contribution in [0.3, 0.4) is 0 Å². The average molecular weight is 420 g/mol. The van der Waals surface area contributed by atoms with Gasteiger partial charge in [0.05, 0.1) is 19.4 Å². The molecule has 2 N–H and O–H groups in total. The van der Waals surface area contributed by atoms with Crippen molar-refractivity contribution in [1.29, 1.82) is 0 Å². The first-order valence-electron chi connectivity index (χ1n) is 10.9. The smallest absolute Gasteiger partial charge is 0.227 e. The summed E-state index contributed by atoms with van der Waals surface area (Å²) in [5.41, 5.74) is 3.12. The predicted octanol–water partition coefficient (Wildman–Crippen LogP) is 3.32. The van der Waals surface area contributed by atoms with Gasteiger partial charge in [-0.1, -0.05) is 36.4 Å². The van der Waals surface area contributed by atoms with Crippen LogP contribution in [0.25, 0.3) is 10.9 Å². The van der Waals surface area contributed by atoms with Crippen LogP contribution in [0, 0.1) is 5.92 Å². The lowest BCUT2D eigenvalue weighted by Crippen LogP contribution is -2.46. The van der Waals surface area contributed by atoms with Crippen molar-refractivity contribution in [3.05, 3.63) is 65.9 Å². The maximum atomic E-state index is 12.9. The van der Waals surface area contributed by atoms with Gasteiger partial charge >= 0.3 is 0 Å². The van der Waals surface area contributed by atoms with Crippen molar-refractivity contribution >= 4 is 22.7 Å². The normalized spacial score (nSPS) is 16.3. The molecule has 6 heteroatoms. The molecule has 2 heterocycles. The number of hydrogen-bond donors (Lipinski definition) is 2. The van der Waals surface area contributed by atoms with Gasteiger partial charge in [0, 0.05) is 36.7 Å². The molecule has 2 aromatic carbocycles. The van der Waals surface area contributed by atoms with Gasteiger partial charge in [0.2, 0.25) is 11.8 Å². The fourth-order valence-corrected chi connectivity index (χ4v) is 4.34. The van der Waals surface area contributed by atoms with Crippen LogP contribution in [-0.4, -0.2) is 48.4 Å². The van der Waals surface area contributed by atoms with Crippen LogP contribution >= 0.6 is 0 Å². The first-order valence-corrected chi connectivity index (χ1v) is 10.9. The predicted molar refractivity (Wildman–Crippen MR) is 121 cm³/mol. The van der Waals surface area contributed by atoms with Gasteiger partial charge in [0.25, 0.3) is 0 Å². The number of aromatic amines is 1. The third kappa shape index (κ3) is 4.90. The largest absolute Gasteiger partial charge is 0.496 e. The molecule has 0 bridgehead atoms. The summed E-state index contributed by atoms with van der Waals surface area (Å²) in [4.78, 5) is 30.7. The minimum absolute atomic E-state index is 0.0273. The monoisotopic (exact) mass is 419 g/mol. The zero-order valence-corrected chi connectivity index (χ0v) is 17.9. The van der Waals surface area contributed by atoms with Crippen molar-refractivity contribution in [2.45, 2.75) is 25.7 Å². The van der Waals surface area contributed by atoms with Gasteiger partial charge in [-0.15, -0.1) is 0 Å². The molecule has 0 unspecified atom stereocenters. The number of methoxy groups -OCH3 is 1. The van der Waals surface area contributed by atoms with Gasteiger partial charge in [-0.05, 0) is 42.5 Å². The SMILES string of the molecule is COc1ccccc1CCNC(=O)[C@@H]1CCCN(C(=O)Cc2c[nH]c3ccccc23)C1. The highest BCUT2D eigenvalue weighted by Gasteiger charge is 2.28. The van der Waals surface area contributed by atoms with Crippen molar-refractivity contribution in [3.8, 4) is 5.75 Å². The maximum absolute atomic E-state index is 12.9. The van der Waals surface area contributed by atoms with Crippen molar-refractivity contribution in [2.75, 3.05) is 26.7 Å². The van der Waals surface area contributed by atoms with Crippen molar-refractivity contribution in [2.24, 2.45) is 5.92 Å². The van der Waals surface area contributed by atoms with Crippen LogP contribution < -0.4 is 10.1 Å². The number of amides is 2. The molecule has 0 radical (unpaired) electrons. The van der Waals surface area contributed by atoms with Crippen LogP contribution in [0.1, 0.15) is 24.0 Å². The van der Waals surface area contributed by atoms with Crippen molar-refractivity contribution in [1.82, 2.24) is 15.2 Å². The maximum Gasteiger partial charge on any atom is 0.227 e. The summed E-state index contributed by atoms with van der Waals surface area (Å²) in [5.74, 6) is 0.789. The average Bonchev–Trinajstić information content (AvgIpc) is 3.22. The van der Waals surface area contributed by atoms with E-state index in [9.17, 15) is 9.59 Å². The van der Waals surface area contributed by atoms with E-state index in [0.29, 0.717) is 32.5 Å². The van der Waals surface area contributed by atoms with E-state index in [1.807, 2.05) is 59.6 Å². The Kier molecular flexibility index (Phi) is 6.55. The molecule has 0 spiro atoms. The number of fused-ring (bicyclic) bond motifs is 1. The lowest BCUT2D eigenvalue weighted by Gasteiger charge is -2.32. The van der Waals surface area contributed by atoms with E-state index in [1.54, 1.807) is 7.11 Å². The molecule has 1 aliphatic rings. The zero-order chi connectivity index (χ0) is 21.6. The van der Waals surface area contributed by atoms with Crippen molar-refractivity contribution in [3.63, 3.8) is 0 Å². The number of aromatic nitrogens is 1. The molecule has 1 saturated heterocycles. The Morgan fingerprint density at radius 1 is 1.13 bits per heavy atom. The Balaban J connectivity index is 1.30. The molecule has 162 valence electrons. The lowest BCUT2D eigenvalue weighted by atomic mass is 9.96. The Labute approximate surface area is 182 Å². The summed E-state index contributed by atoms with van der Waals surface area (Å²) < 4.78 is 5.37. The van der Waals surface area contributed by atoms with Crippen LogP contribution in [0.5, 0.6) is 5.75 Å². The molecule has 1 fully saturated rings. The Bertz CT molecular complexity index is 1060. The zero-order valence-electron chi connectivity index (χ0n) is 17.9. The lowest BCUT2D eigenvalue weighted by molar-refractivity contribution is -0.135. The molecule has 31 heavy (non-hydrogen) atoms. The molecule has 4 rings (SSSR count). The molecule has 3 aromatic rings. The number of carbonyl (C=O) groups is 2. The minimum Gasteiger partial charge on any atom is -0.496 e. The number of para-hydroxylation sites is 2. The molecule has 0 aliphatic carbocycles. The summed E-state index contributed by atoms with van der Waals surface area (Å²) >= 11 is 0. The van der Waals surface area contributed by atoms with E-state index in [1.165, 1.54) is 0 Å². The number of rotatable bonds is 7. The highest BCUT2D eigenvalue weighted by atomic mass is 16.5. The fourth-order valence-electron chi connectivity index (χ4n) is 4.34. The molecule has 1 aromatic heterocycles. The van der Waals surface area contributed by atoms with Crippen LogP contribution in [0.4, 0.5) is 0 Å². The summed E-state index contributed by atoms with van der Waals surface area (Å²) in [7, 11) is 1.65. The van der Waals surface area contributed by atoms with Gasteiger partial charge in [-0.2, -0.15) is 0 Å². The van der Waals surface area contributed by atoms with Crippen LogP contribution in [-0.2, 0) is 22.4 Å². The third-order valence-electron chi connectivity index (χ3n) is 6.05. The number of carbonyl (C=O) groups excluding carboxylic acids is 2. The summed E-state index contributed by atoms with van der Waals surface area (Å²) in [6, 6.07) is 15.8. The summed E-state index contributed by atoms with van der Waals surface area (Å²) in [6.07, 6.45) is 4.65. The van der Waals surface area contributed by atoms with Crippen LogP contribution in [0.2, 0.25) is 0 Å².